The number of thiophene rings is 1. The van der Waals surface area contributed by atoms with Gasteiger partial charge in [0.25, 0.3) is 0 Å². The SMILES string of the molecule is CC(Sc1nnc(-c2cccs2)n1C1CC1)C(=O)Nc1cccc(S(=O)(=O)N(C)C)c1. The van der Waals surface area contributed by atoms with Crippen molar-refractivity contribution < 1.29 is 13.2 Å². The first-order valence-corrected chi connectivity index (χ1v) is 13.0. The van der Waals surface area contributed by atoms with Gasteiger partial charge in [-0.1, -0.05) is 23.9 Å². The topological polar surface area (TPSA) is 97.2 Å². The zero-order valence-electron chi connectivity index (χ0n) is 17.3. The molecular weight excluding hydrogens is 454 g/mol. The molecule has 1 N–H and O–H groups in total. The predicted octanol–water partition coefficient (Wildman–Crippen LogP) is 3.71. The Morgan fingerprint density at radius 3 is 2.68 bits per heavy atom. The van der Waals surface area contributed by atoms with Crippen LogP contribution in [0.25, 0.3) is 10.7 Å². The Balaban J connectivity index is 1.49. The van der Waals surface area contributed by atoms with E-state index in [1.54, 1.807) is 30.4 Å². The van der Waals surface area contributed by atoms with Crippen molar-refractivity contribution in [1.82, 2.24) is 19.1 Å². The van der Waals surface area contributed by atoms with Gasteiger partial charge in [0.1, 0.15) is 0 Å². The third-order valence-electron chi connectivity index (χ3n) is 4.85. The van der Waals surface area contributed by atoms with Crippen LogP contribution in [-0.4, -0.2) is 52.7 Å². The maximum Gasteiger partial charge on any atom is 0.242 e. The first-order chi connectivity index (χ1) is 14.8. The molecule has 1 amide bonds. The molecule has 0 spiro atoms. The van der Waals surface area contributed by atoms with Crippen molar-refractivity contribution in [3.63, 3.8) is 0 Å². The summed E-state index contributed by atoms with van der Waals surface area (Å²) in [5, 5.41) is 13.8. The molecular formula is C20H23N5O3S3. The van der Waals surface area contributed by atoms with Gasteiger partial charge in [0, 0.05) is 25.8 Å². The van der Waals surface area contributed by atoms with Gasteiger partial charge in [-0.25, -0.2) is 12.7 Å². The lowest BCUT2D eigenvalue weighted by molar-refractivity contribution is -0.115. The van der Waals surface area contributed by atoms with Crippen LogP contribution in [-0.2, 0) is 14.8 Å². The molecule has 164 valence electrons. The van der Waals surface area contributed by atoms with Gasteiger partial charge in [0.05, 0.1) is 15.0 Å². The fourth-order valence-corrected chi connectivity index (χ4v) is 5.57. The maximum atomic E-state index is 12.8. The molecule has 11 heteroatoms. The van der Waals surface area contributed by atoms with Crippen LogP contribution in [0.15, 0.2) is 51.8 Å². The van der Waals surface area contributed by atoms with Crippen molar-refractivity contribution in [3.8, 4) is 10.7 Å². The summed E-state index contributed by atoms with van der Waals surface area (Å²) in [6, 6.07) is 10.6. The Bertz CT molecular complexity index is 1180. The summed E-state index contributed by atoms with van der Waals surface area (Å²) in [6.07, 6.45) is 2.16. The number of hydrogen-bond acceptors (Lipinski definition) is 7. The minimum Gasteiger partial charge on any atom is -0.325 e. The summed E-state index contributed by atoms with van der Waals surface area (Å²) >= 11 is 2.97. The smallest absolute Gasteiger partial charge is 0.242 e. The zero-order chi connectivity index (χ0) is 22.2. The number of nitrogens with zero attached hydrogens (tertiary/aromatic N) is 4. The van der Waals surface area contributed by atoms with Crippen LogP contribution in [0.1, 0.15) is 25.8 Å². The maximum absolute atomic E-state index is 12.8. The molecule has 1 unspecified atom stereocenters. The molecule has 0 radical (unpaired) electrons. The van der Waals surface area contributed by atoms with Gasteiger partial charge >= 0.3 is 0 Å². The van der Waals surface area contributed by atoms with Gasteiger partial charge in [-0.2, -0.15) is 0 Å². The van der Waals surface area contributed by atoms with Gasteiger partial charge in [0.15, 0.2) is 11.0 Å². The Hall–Kier alpha value is -2.21. The van der Waals surface area contributed by atoms with Crippen LogP contribution >= 0.6 is 23.1 Å². The minimum atomic E-state index is -3.57. The zero-order valence-corrected chi connectivity index (χ0v) is 19.8. The highest BCUT2D eigenvalue weighted by molar-refractivity contribution is 8.00. The summed E-state index contributed by atoms with van der Waals surface area (Å²) in [5.74, 6) is 0.613. The third kappa shape index (κ3) is 4.69. The highest BCUT2D eigenvalue weighted by Crippen LogP contribution is 2.42. The average molecular weight is 478 g/mol. The standard InChI is InChI=1S/C20H23N5O3S3/c1-13(19(26)21-14-6-4-7-16(12-14)31(27,28)24(2)3)30-20-23-22-18(17-8-5-11-29-17)25(20)15-9-10-15/h4-8,11-13,15H,9-10H2,1-3H3,(H,21,26). The van der Waals surface area contributed by atoms with Crippen molar-refractivity contribution in [3.05, 3.63) is 41.8 Å². The van der Waals surface area contributed by atoms with Gasteiger partial charge in [0.2, 0.25) is 15.9 Å². The number of sulfonamides is 1. The van der Waals surface area contributed by atoms with Crippen LogP contribution in [0.4, 0.5) is 5.69 Å². The number of aromatic nitrogens is 3. The molecule has 1 aliphatic rings. The molecule has 1 atom stereocenters. The van der Waals surface area contributed by atoms with E-state index in [2.05, 4.69) is 20.1 Å². The number of amides is 1. The first-order valence-electron chi connectivity index (χ1n) is 9.76. The van der Waals surface area contributed by atoms with Crippen molar-refractivity contribution in [2.45, 2.75) is 41.1 Å². The Labute approximate surface area is 189 Å². The average Bonchev–Trinajstić information content (AvgIpc) is 3.25. The van der Waals surface area contributed by atoms with Crippen LogP contribution in [0.3, 0.4) is 0 Å². The second-order valence-electron chi connectivity index (χ2n) is 7.45. The number of hydrogen-bond donors (Lipinski definition) is 1. The van der Waals surface area contributed by atoms with Crippen LogP contribution in [0.2, 0.25) is 0 Å². The van der Waals surface area contributed by atoms with Gasteiger partial charge in [-0.3, -0.25) is 9.36 Å². The molecule has 1 fully saturated rings. The number of nitrogens with one attached hydrogen (secondary N) is 1. The molecule has 0 aliphatic heterocycles. The largest absolute Gasteiger partial charge is 0.325 e. The van der Waals surface area contributed by atoms with Crippen LogP contribution < -0.4 is 5.32 Å². The molecule has 8 nitrogen and oxygen atoms in total. The second-order valence-corrected chi connectivity index (χ2v) is 11.9. The van der Waals surface area contributed by atoms with Gasteiger partial charge in [-0.05, 0) is 49.4 Å². The van der Waals surface area contributed by atoms with Crippen LogP contribution in [0.5, 0.6) is 0 Å². The highest BCUT2D eigenvalue weighted by Gasteiger charge is 2.32. The van der Waals surface area contributed by atoms with E-state index in [1.165, 1.54) is 38.0 Å². The molecule has 4 rings (SSSR count). The molecule has 1 aliphatic carbocycles. The number of rotatable bonds is 8. The van der Waals surface area contributed by atoms with Crippen molar-refractivity contribution in [2.75, 3.05) is 19.4 Å². The fourth-order valence-electron chi connectivity index (χ4n) is 2.99. The molecule has 1 saturated carbocycles. The van der Waals surface area contributed by atoms with Gasteiger partial charge < -0.3 is 5.32 Å². The summed E-state index contributed by atoms with van der Waals surface area (Å²) in [7, 11) is -0.631. The fraction of sp³-hybridized carbons (Fsp3) is 0.350. The number of benzene rings is 1. The van der Waals surface area contributed by atoms with Crippen LogP contribution in [0, 0.1) is 0 Å². The highest BCUT2D eigenvalue weighted by atomic mass is 32.2. The number of carbonyl (C=O) groups excluding carboxylic acids is 1. The lowest BCUT2D eigenvalue weighted by Crippen LogP contribution is -2.24. The van der Waals surface area contributed by atoms with E-state index in [-0.39, 0.29) is 10.8 Å². The van der Waals surface area contributed by atoms with E-state index in [4.69, 9.17) is 0 Å². The van der Waals surface area contributed by atoms with E-state index in [1.807, 2.05) is 17.5 Å². The molecule has 31 heavy (non-hydrogen) atoms. The summed E-state index contributed by atoms with van der Waals surface area (Å²) in [6.45, 7) is 1.80. The van der Waals surface area contributed by atoms with Crippen molar-refractivity contribution >= 4 is 44.7 Å². The Morgan fingerprint density at radius 1 is 1.26 bits per heavy atom. The normalized spacial score (nSPS) is 15.2. The molecule has 2 aromatic heterocycles. The molecule has 2 heterocycles. The number of anilines is 1. The quantitative estimate of drug-likeness (QED) is 0.497. The summed E-state index contributed by atoms with van der Waals surface area (Å²) < 4.78 is 28.0. The number of thioether (sulfide) groups is 1. The Morgan fingerprint density at radius 2 is 2.03 bits per heavy atom. The minimum absolute atomic E-state index is 0.129. The molecule has 1 aromatic carbocycles. The third-order valence-corrected chi connectivity index (χ3v) is 8.58. The lowest BCUT2D eigenvalue weighted by atomic mass is 10.3. The predicted molar refractivity (Wildman–Crippen MR) is 123 cm³/mol. The molecule has 0 bridgehead atoms. The molecule has 0 saturated heterocycles. The monoisotopic (exact) mass is 477 g/mol. The Kier molecular flexibility index (Phi) is 6.20. The lowest BCUT2D eigenvalue weighted by Gasteiger charge is -2.15. The van der Waals surface area contributed by atoms with E-state index in [9.17, 15) is 13.2 Å². The van der Waals surface area contributed by atoms with E-state index in [0.717, 1.165) is 33.0 Å². The van der Waals surface area contributed by atoms with Gasteiger partial charge in [-0.15, -0.1) is 21.5 Å². The summed E-state index contributed by atoms with van der Waals surface area (Å²) in [5.41, 5.74) is 0.434. The van der Waals surface area contributed by atoms with E-state index >= 15 is 0 Å². The number of carbonyl (C=O) groups is 1. The van der Waals surface area contributed by atoms with E-state index in [0.29, 0.717) is 11.7 Å². The summed E-state index contributed by atoms with van der Waals surface area (Å²) in [4.78, 5) is 14.0. The molecule has 3 aromatic rings. The first kappa shape index (κ1) is 22.0. The van der Waals surface area contributed by atoms with E-state index < -0.39 is 15.3 Å². The van der Waals surface area contributed by atoms with Crippen molar-refractivity contribution in [1.29, 1.82) is 0 Å². The van der Waals surface area contributed by atoms with Crippen molar-refractivity contribution in [2.24, 2.45) is 0 Å². The second kappa shape index (κ2) is 8.73.